The molecule has 1 aliphatic carbocycles. The third-order valence-electron chi connectivity index (χ3n) is 2.72. The van der Waals surface area contributed by atoms with Gasteiger partial charge in [-0.1, -0.05) is 12.8 Å². The van der Waals surface area contributed by atoms with Gasteiger partial charge >= 0.3 is 11.9 Å². The highest BCUT2D eigenvalue weighted by Crippen LogP contribution is 2.44. The zero-order valence-corrected chi connectivity index (χ0v) is 8.11. The van der Waals surface area contributed by atoms with Crippen molar-refractivity contribution in [1.82, 2.24) is 0 Å². The van der Waals surface area contributed by atoms with Crippen LogP contribution in [0.15, 0.2) is 0 Å². The predicted octanol–water partition coefficient (Wildman–Crippen LogP) is 1.74. The van der Waals surface area contributed by atoms with Gasteiger partial charge < -0.3 is 10.2 Å². The molecular formula is C10H16O4. The molecule has 0 radical (unpaired) electrons. The van der Waals surface area contributed by atoms with E-state index in [0.717, 1.165) is 19.3 Å². The van der Waals surface area contributed by atoms with Crippen molar-refractivity contribution in [1.29, 1.82) is 0 Å². The standard InChI is InChI=1S/C10H16O4/c11-9(12)4-2-1-3-7-5-8(7)6-10(13)14/h7-8H,1-6H2,(H,11,12)(H,13,14). The van der Waals surface area contributed by atoms with E-state index in [1.54, 1.807) is 0 Å². The number of hydrogen-bond donors (Lipinski definition) is 2. The van der Waals surface area contributed by atoms with Crippen LogP contribution in [0.25, 0.3) is 0 Å². The highest BCUT2D eigenvalue weighted by atomic mass is 16.4. The summed E-state index contributed by atoms with van der Waals surface area (Å²) < 4.78 is 0. The van der Waals surface area contributed by atoms with E-state index in [0.29, 0.717) is 18.3 Å². The van der Waals surface area contributed by atoms with Gasteiger partial charge in [0.25, 0.3) is 0 Å². The Balaban J connectivity index is 1.95. The fraction of sp³-hybridized carbons (Fsp3) is 0.800. The predicted molar refractivity (Wildman–Crippen MR) is 50.0 cm³/mol. The van der Waals surface area contributed by atoms with Crippen molar-refractivity contribution in [2.75, 3.05) is 0 Å². The summed E-state index contributed by atoms with van der Waals surface area (Å²) in [6, 6.07) is 0. The molecule has 1 aliphatic rings. The van der Waals surface area contributed by atoms with Gasteiger partial charge in [-0.15, -0.1) is 0 Å². The Morgan fingerprint density at radius 1 is 1.07 bits per heavy atom. The molecule has 2 atom stereocenters. The average Bonchev–Trinajstić information content (AvgIpc) is 2.76. The maximum Gasteiger partial charge on any atom is 0.303 e. The van der Waals surface area contributed by atoms with Gasteiger partial charge in [-0.3, -0.25) is 9.59 Å². The first-order valence-corrected chi connectivity index (χ1v) is 5.03. The van der Waals surface area contributed by atoms with Gasteiger partial charge in [-0.05, 0) is 24.7 Å². The fourth-order valence-electron chi connectivity index (χ4n) is 1.82. The van der Waals surface area contributed by atoms with Gasteiger partial charge in [-0.2, -0.15) is 0 Å². The van der Waals surface area contributed by atoms with Crippen LogP contribution in [-0.2, 0) is 9.59 Å². The molecule has 4 heteroatoms. The Kier molecular flexibility index (Phi) is 3.92. The second-order valence-corrected chi connectivity index (χ2v) is 3.99. The molecule has 0 heterocycles. The van der Waals surface area contributed by atoms with E-state index in [4.69, 9.17) is 10.2 Å². The molecule has 2 unspecified atom stereocenters. The molecule has 4 nitrogen and oxygen atoms in total. The van der Waals surface area contributed by atoms with E-state index in [2.05, 4.69) is 0 Å². The van der Waals surface area contributed by atoms with Crippen LogP contribution >= 0.6 is 0 Å². The molecule has 1 rings (SSSR count). The maximum absolute atomic E-state index is 10.3. The van der Waals surface area contributed by atoms with Crippen molar-refractivity contribution < 1.29 is 19.8 Å². The Labute approximate surface area is 82.9 Å². The van der Waals surface area contributed by atoms with Gasteiger partial charge in [0.2, 0.25) is 0 Å². The van der Waals surface area contributed by atoms with Crippen molar-refractivity contribution in [3.63, 3.8) is 0 Å². The van der Waals surface area contributed by atoms with Crippen LogP contribution in [0.5, 0.6) is 0 Å². The Morgan fingerprint density at radius 3 is 2.36 bits per heavy atom. The zero-order valence-electron chi connectivity index (χ0n) is 8.11. The summed E-state index contributed by atoms with van der Waals surface area (Å²) in [6.07, 6.45) is 4.14. The van der Waals surface area contributed by atoms with E-state index >= 15 is 0 Å². The second-order valence-electron chi connectivity index (χ2n) is 3.99. The molecule has 0 amide bonds. The Hall–Kier alpha value is -1.06. The molecule has 14 heavy (non-hydrogen) atoms. The number of aliphatic carboxylic acids is 2. The molecule has 0 spiro atoms. The van der Waals surface area contributed by atoms with Gasteiger partial charge in [0.1, 0.15) is 0 Å². The zero-order chi connectivity index (χ0) is 10.6. The number of rotatable bonds is 7. The first kappa shape index (κ1) is 11.0. The Morgan fingerprint density at radius 2 is 1.79 bits per heavy atom. The second kappa shape index (κ2) is 4.98. The highest BCUT2D eigenvalue weighted by molar-refractivity contribution is 5.67. The summed E-state index contributed by atoms with van der Waals surface area (Å²) in [6.45, 7) is 0. The van der Waals surface area contributed by atoms with Crippen molar-refractivity contribution in [3.8, 4) is 0 Å². The lowest BCUT2D eigenvalue weighted by Gasteiger charge is -1.97. The largest absolute Gasteiger partial charge is 0.481 e. The minimum absolute atomic E-state index is 0.232. The van der Waals surface area contributed by atoms with Crippen LogP contribution in [0, 0.1) is 11.8 Å². The van der Waals surface area contributed by atoms with E-state index < -0.39 is 11.9 Å². The molecule has 0 aromatic heterocycles. The van der Waals surface area contributed by atoms with Gasteiger partial charge in [0, 0.05) is 12.8 Å². The molecular weight excluding hydrogens is 184 g/mol. The normalized spacial score (nSPS) is 24.6. The molecule has 0 aliphatic heterocycles. The summed E-state index contributed by atoms with van der Waals surface area (Å²) in [5.74, 6) is -0.567. The van der Waals surface area contributed by atoms with Gasteiger partial charge in [0.05, 0.1) is 0 Å². The lowest BCUT2D eigenvalue weighted by molar-refractivity contribution is -0.138. The maximum atomic E-state index is 10.3. The quantitative estimate of drug-likeness (QED) is 0.614. The van der Waals surface area contributed by atoms with Crippen LogP contribution in [0.1, 0.15) is 38.5 Å². The molecule has 0 aromatic carbocycles. The monoisotopic (exact) mass is 200 g/mol. The first-order chi connectivity index (χ1) is 6.59. The number of carbonyl (C=O) groups is 2. The van der Waals surface area contributed by atoms with E-state index in [-0.39, 0.29) is 12.8 Å². The van der Waals surface area contributed by atoms with E-state index in [9.17, 15) is 9.59 Å². The third kappa shape index (κ3) is 4.25. The van der Waals surface area contributed by atoms with Crippen molar-refractivity contribution in [2.24, 2.45) is 11.8 Å². The average molecular weight is 200 g/mol. The third-order valence-corrected chi connectivity index (χ3v) is 2.72. The molecule has 1 saturated carbocycles. The van der Waals surface area contributed by atoms with Gasteiger partial charge in [0.15, 0.2) is 0 Å². The highest BCUT2D eigenvalue weighted by Gasteiger charge is 2.37. The Bertz CT molecular complexity index is 224. The van der Waals surface area contributed by atoms with Crippen LogP contribution in [-0.4, -0.2) is 22.2 Å². The summed E-state index contributed by atoms with van der Waals surface area (Å²) in [5, 5.41) is 16.9. The van der Waals surface area contributed by atoms with Crippen LogP contribution < -0.4 is 0 Å². The summed E-state index contributed by atoms with van der Waals surface area (Å²) in [4.78, 5) is 20.5. The van der Waals surface area contributed by atoms with E-state index in [1.165, 1.54) is 0 Å². The van der Waals surface area contributed by atoms with Crippen molar-refractivity contribution in [2.45, 2.75) is 38.5 Å². The van der Waals surface area contributed by atoms with Crippen LogP contribution in [0.2, 0.25) is 0 Å². The van der Waals surface area contributed by atoms with E-state index in [1.807, 2.05) is 0 Å². The summed E-state index contributed by atoms with van der Waals surface area (Å²) in [5.41, 5.74) is 0. The fourth-order valence-corrected chi connectivity index (χ4v) is 1.82. The van der Waals surface area contributed by atoms with Crippen LogP contribution in [0.4, 0.5) is 0 Å². The molecule has 0 aromatic rings. The topological polar surface area (TPSA) is 74.6 Å². The lowest BCUT2D eigenvalue weighted by Crippen LogP contribution is -1.97. The summed E-state index contributed by atoms with van der Waals surface area (Å²) in [7, 11) is 0. The lowest BCUT2D eigenvalue weighted by atomic mass is 10.1. The minimum Gasteiger partial charge on any atom is -0.481 e. The molecule has 2 N–H and O–H groups in total. The smallest absolute Gasteiger partial charge is 0.303 e. The number of unbranched alkanes of at least 4 members (excludes halogenated alkanes) is 1. The van der Waals surface area contributed by atoms with Gasteiger partial charge in [-0.25, -0.2) is 0 Å². The summed E-state index contributed by atoms with van der Waals surface area (Å²) >= 11 is 0. The number of carboxylic acid groups (broad SMARTS) is 2. The molecule has 1 fully saturated rings. The first-order valence-electron chi connectivity index (χ1n) is 5.03. The SMILES string of the molecule is O=C(O)CCCCC1CC1CC(=O)O. The van der Waals surface area contributed by atoms with Crippen LogP contribution in [0.3, 0.4) is 0 Å². The minimum atomic E-state index is -0.747. The molecule has 80 valence electrons. The molecule has 0 saturated heterocycles. The number of carboxylic acids is 2. The molecule has 0 bridgehead atoms. The van der Waals surface area contributed by atoms with Crippen molar-refractivity contribution >= 4 is 11.9 Å². The number of hydrogen-bond acceptors (Lipinski definition) is 2. The van der Waals surface area contributed by atoms with Crippen molar-refractivity contribution in [3.05, 3.63) is 0 Å².